The highest BCUT2D eigenvalue weighted by atomic mass is 32.2. The number of methoxy groups -OCH3 is 1. The van der Waals surface area contributed by atoms with Crippen molar-refractivity contribution in [2.45, 2.75) is 24.0 Å². The fourth-order valence-corrected chi connectivity index (χ4v) is 3.66. The third kappa shape index (κ3) is 2.33. The fraction of sp³-hybridized carbons (Fsp3) is 0.438. The number of fused-ring (bicyclic) bond motifs is 1. The van der Waals surface area contributed by atoms with Crippen LogP contribution in [-0.2, 0) is 0 Å². The van der Waals surface area contributed by atoms with E-state index in [2.05, 4.69) is 28.7 Å². The summed E-state index contributed by atoms with van der Waals surface area (Å²) >= 11 is 1.99. The number of ether oxygens (including phenoxy) is 1. The van der Waals surface area contributed by atoms with E-state index >= 15 is 0 Å². The third-order valence-electron chi connectivity index (χ3n) is 4.25. The molecule has 4 heteroatoms. The Bertz CT molecular complexity index is 605. The molecule has 1 aromatic heterocycles. The lowest BCUT2D eigenvalue weighted by Crippen LogP contribution is -2.40. The van der Waals surface area contributed by atoms with Crippen LogP contribution in [0.3, 0.4) is 0 Å². The first-order valence-corrected chi connectivity index (χ1v) is 8.21. The quantitative estimate of drug-likeness (QED) is 0.903. The molecule has 3 nitrogen and oxygen atoms in total. The van der Waals surface area contributed by atoms with Gasteiger partial charge in [0.2, 0.25) is 0 Å². The van der Waals surface area contributed by atoms with Gasteiger partial charge < -0.3 is 10.1 Å². The van der Waals surface area contributed by atoms with E-state index in [1.165, 1.54) is 19.3 Å². The lowest BCUT2D eigenvalue weighted by atomic mass is 9.84. The van der Waals surface area contributed by atoms with Crippen LogP contribution in [0.1, 0.15) is 19.3 Å². The number of aromatic nitrogens is 1. The number of hydrogen-bond acceptors (Lipinski definition) is 4. The molecule has 1 aromatic carbocycles. The molecule has 0 unspecified atom stereocenters. The highest BCUT2D eigenvalue weighted by Crippen LogP contribution is 2.43. The molecule has 0 bridgehead atoms. The summed E-state index contributed by atoms with van der Waals surface area (Å²) in [6.45, 7) is 1.02. The number of para-hydroxylation sites is 1. The van der Waals surface area contributed by atoms with Crippen molar-refractivity contribution in [2.75, 3.05) is 25.2 Å². The summed E-state index contributed by atoms with van der Waals surface area (Å²) in [5.41, 5.74) is 2.07. The van der Waals surface area contributed by atoms with Gasteiger partial charge >= 0.3 is 0 Å². The van der Waals surface area contributed by atoms with Crippen LogP contribution < -0.4 is 10.1 Å². The third-order valence-corrected chi connectivity index (χ3v) is 5.67. The second-order valence-electron chi connectivity index (χ2n) is 5.31. The highest BCUT2D eigenvalue weighted by Gasteiger charge is 2.35. The molecule has 106 valence electrons. The lowest BCUT2D eigenvalue weighted by Gasteiger charge is -2.40. The Morgan fingerprint density at radius 3 is 2.85 bits per heavy atom. The van der Waals surface area contributed by atoms with Crippen molar-refractivity contribution < 1.29 is 4.74 Å². The summed E-state index contributed by atoms with van der Waals surface area (Å²) in [7, 11) is 1.69. The van der Waals surface area contributed by atoms with Crippen LogP contribution in [0.2, 0.25) is 0 Å². The molecule has 3 rings (SSSR count). The maximum Gasteiger partial charge on any atom is 0.145 e. The van der Waals surface area contributed by atoms with E-state index in [4.69, 9.17) is 4.74 Å². The number of rotatable bonds is 5. The minimum atomic E-state index is 0.425. The molecule has 1 saturated carbocycles. The monoisotopic (exact) mass is 288 g/mol. The SMILES string of the molecule is COc1cccc2c(NCC3(SC)CCC3)ccnc12. The molecule has 1 aliphatic rings. The number of pyridine rings is 1. The molecular weight excluding hydrogens is 268 g/mol. The molecule has 20 heavy (non-hydrogen) atoms. The van der Waals surface area contributed by atoms with Crippen molar-refractivity contribution in [1.82, 2.24) is 4.98 Å². The summed E-state index contributed by atoms with van der Waals surface area (Å²) in [6.07, 6.45) is 8.04. The minimum Gasteiger partial charge on any atom is -0.494 e. The van der Waals surface area contributed by atoms with Crippen molar-refractivity contribution in [3.8, 4) is 5.75 Å². The van der Waals surface area contributed by atoms with E-state index in [0.717, 1.165) is 28.9 Å². The van der Waals surface area contributed by atoms with Crippen molar-refractivity contribution >= 4 is 28.4 Å². The van der Waals surface area contributed by atoms with Crippen LogP contribution in [0.15, 0.2) is 30.5 Å². The Morgan fingerprint density at radius 1 is 1.35 bits per heavy atom. The number of anilines is 1. The van der Waals surface area contributed by atoms with Gasteiger partial charge in [-0.3, -0.25) is 4.98 Å². The maximum atomic E-state index is 5.39. The van der Waals surface area contributed by atoms with E-state index in [0.29, 0.717) is 4.75 Å². The molecule has 1 aliphatic carbocycles. The second-order valence-corrected chi connectivity index (χ2v) is 6.58. The average Bonchev–Trinajstić information content (AvgIpc) is 2.46. The van der Waals surface area contributed by atoms with E-state index in [-0.39, 0.29) is 0 Å². The van der Waals surface area contributed by atoms with Gasteiger partial charge in [-0.2, -0.15) is 11.8 Å². The minimum absolute atomic E-state index is 0.425. The molecule has 1 heterocycles. The predicted molar refractivity (Wildman–Crippen MR) is 86.9 cm³/mol. The number of thioether (sulfide) groups is 1. The molecule has 0 radical (unpaired) electrons. The van der Waals surface area contributed by atoms with Gasteiger partial charge in [0.05, 0.1) is 7.11 Å². The molecular formula is C16H20N2OS. The summed E-state index contributed by atoms with van der Waals surface area (Å²) in [6, 6.07) is 8.12. The van der Waals surface area contributed by atoms with Crippen molar-refractivity contribution in [1.29, 1.82) is 0 Å². The largest absolute Gasteiger partial charge is 0.494 e. The van der Waals surface area contributed by atoms with E-state index in [1.807, 2.05) is 30.1 Å². The van der Waals surface area contributed by atoms with Crippen molar-refractivity contribution in [2.24, 2.45) is 0 Å². The van der Waals surface area contributed by atoms with E-state index < -0.39 is 0 Å². The first-order chi connectivity index (χ1) is 9.78. The molecule has 0 aliphatic heterocycles. The molecule has 2 aromatic rings. The summed E-state index contributed by atoms with van der Waals surface area (Å²) in [4.78, 5) is 4.44. The van der Waals surface area contributed by atoms with Crippen LogP contribution in [0.25, 0.3) is 10.9 Å². The van der Waals surface area contributed by atoms with Crippen LogP contribution in [-0.4, -0.2) is 29.6 Å². The van der Waals surface area contributed by atoms with Crippen LogP contribution >= 0.6 is 11.8 Å². The number of benzene rings is 1. The summed E-state index contributed by atoms with van der Waals surface area (Å²) in [5.74, 6) is 0.828. The topological polar surface area (TPSA) is 34.1 Å². The first-order valence-electron chi connectivity index (χ1n) is 6.99. The Balaban J connectivity index is 1.88. The summed E-state index contributed by atoms with van der Waals surface area (Å²) < 4.78 is 5.81. The van der Waals surface area contributed by atoms with Crippen molar-refractivity contribution in [3.63, 3.8) is 0 Å². The van der Waals surface area contributed by atoms with Gasteiger partial charge in [0.1, 0.15) is 11.3 Å². The Labute approximate surface area is 124 Å². The highest BCUT2D eigenvalue weighted by molar-refractivity contribution is 8.00. The summed E-state index contributed by atoms with van der Waals surface area (Å²) in [5, 5.41) is 4.74. The molecule has 0 spiro atoms. The molecule has 0 amide bonds. The zero-order valence-corrected chi connectivity index (χ0v) is 12.8. The standard InChI is InChI=1S/C16H20N2OS/c1-19-14-6-3-5-12-13(7-10-17-15(12)14)18-11-16(20-2)8-4-9-16/h3,5-7,10H,4,8-9,11H2,1-2H3,(H,17,18). The molecule has 0 atom stereocenters. The Kier molecular flexibility index (Phi) is 3.74. The van der Waals surface area contributed by atoms with Gasteiger partial charge in [0, 0.05) is 28.6 Å². The van der Waals surface area contributed by atoms with Gasteiger partial charge in [0.25, 0.3) is 0 Å². The van der Waals surface area contributed by atoms with Crippen LogP contribution in [0.4, 0.5) is 5.69 Å². The molecule has 1 N–H and O–H groups in total. The maximum absolute atomic E-state index is 5.39. The van der Waals surface area contributed by atoms with Crippen LogP contribution in [0.5, 0.6) is 5.75 Å². The Hall–Kier alpha value is -1.42. The fourth-order valence-electron chi connectivity index (χ4n) is 2.75. The molecule has 1 fully saturated rings. The number of hydrogen-bond donors (Lipinski definition) is 1. The van der Waals surface area contributed by atoms with Gasteiger partial charge in [-0.1, -0.05) is 18.6 Å². The van der Waals surface area contributed by atoms with Gasteiger partial charge in [-0.05, 0) is 31.2 Å². The predicted octanol–water partition coefficient (Wildman–Crippen LogP) is 3.94. The second kappa shape index (κ2) is 5.52. The Morgan fingerprint density at radius 2 is 2.20 bits per heavy atom. The normalized spacial score (nSPS) is 16.7. The van der Waals surface area contributed by atoms with E-state index in [1.54, 1.807) is 7.11 Å². The van der Waals surface area contributed by atoms with Crippen LogP contribution in [0, 0.1) is 0 Å². The van der Waals surface area contributed by atoms with E-state index in [9.17, 15) is 0 Å². The number of nitrogens with one attached hydrogen (secondary N) is 1. The average molecular weight is 288 g/mol. The van der Waals surface area contributed by atoms with Gasteiger partial charge in [-0.25, -0.2) is 0 Å². The lowest BCUT2D eigenvalue weighted by molar-refractivity contribution is 0.380. The first kappa shape index (κ1) is 13.6. The van der Waals surface area contributed by atoms with Crippen molar-refractivity contribution in [3.05, 3.63) is 30.5 Å². The zero-order valence-electron chi connectivity index (χ0n) is 12.0. The zero-order chi connectivity index (χ0) is 14.0. The van der Waals surface area contributed by atoms with Gasteiger partial charge in [-0.15, -0.1) is 0 Å². The molecule has 0 saturated heterocycles. The van der Waals surface area contributed by atoms with Gasteiger partial charge in [0.15, 0.2) is 0 Å². The smallest absolute Gasteiger partial charge is 0.145 e. The number of nitrogens with zero attached hydrogens (tertiary/aromatic N) is 1.